The van der Waals surface area contributed by atoms with E-state index in [0.29, 0.717) is 32.8 Å². The number of nitrogens with one attached hydrogen (secondary N) is 1. The highest BCUT2D eigenvalue weighted by Gasteiger charge is 2.34. The van der Waals surface area contributed by atoms with Crippen LogP contribution in [0.5, 0.6) is 5.75 Å². The number of hydrogen-bond acceptors (Lipinski definition) is 7. The lowest BCUT2D eigenvalue weighted by Crippen LogP contribution is -2.28. The normalized spacial score (nSPS) is 15.3. The monoisotopic (exact) mass is 568 g/mol. The quantitative estimate of drug-likeness (QED) is 0.146. The van der Waals surface area contributed by atoms with Gasteiger partial charge in [-0.1, -0.05) is 42.5 Å². The molecule has 1 N–H and O–H groups in total. The Bertz CT molecular complexity index is 1630. The lowest BCUT2D eigenvalue weighted by atomic mass is 10.1. The van der Waals surface area contributed by atoms with Gasteiger partial charge in [0, 0.05) is 11.3 Å². The molecule has 8 nitrogen and oxygen atoms in total. The molecule has 1 fully saturated rings. The van der Waals surface area contributed by atoms with Gasteiger partial charge in [0.05, 0.1) is 23.9 Å². The van der Waals surface area contributed by atoms with Gasteiger partial charge in [0.25, 0.3) is 11.8 Å². The molecule has 5 rings (SSSR count). The topological polar surface area (TPSA) is 96.5 Å². The molecule has 2 amide bonds. The van der Waals surface area contributed by atoms with Gasteiger partial charge in [-0.15, -0.1) is 5.10 Å². The van der Waals surface area contributed by atoms with Crippen molar-refractivity contribution < 1.29 is 23.1 Å². The van der Waals surface area contributed by atoms with E-state index in [1.165, 1.54) is 40.9 Å². The van der Waals surface area contributed by atoms with Crippen LogP contribution in [-0.2, 0) is 16.1 Å². The summed E-state index contributed by atoms with van der Waals surface area (Å²) in [5.41, 5.74) is 3.05. The van der Waals surface area contributed by atoms with Gasteiger partial charge >= 0.3 is 0 Å². The molecule has 1 aliphatic heterocycles. The van der Waals surface area contributed by atoms with Crippen LogP contribution in [0.2, 0.25) is 0 Å². The average Bonchev–Trinajstić information content (AvgIpc) is 3.59. The SMILES string of the molecule is Cc1ccccc1/C=N\N=C1\S/C(=C\c2ccccc2OCC(=O)Nc2ccc(F)cc2)C(=O)N1Cc1ccco1. The number of hydrogen-bond donors (Lipinski definition) is 1. The smallest absolute Gasteiger partial charge is 0.267 e. The number of nitrogens with zero attached hydrogens (tertiary/aromatic N) is 3. The summed E-state index contributed by atoms with van der Waals surface area (Å²) in [6, 6.07) is 23.9. The molecule has 3 aromatic carbocycles. The Labute approximate surface area is 240 Å². The molecule has 0 aliphatic carbocycles. The van der Waals surface area contributed by atoms with E-state index < -0.39 is 11.7 Å². The van der Waals surface area contributed by atoms with Crippen LogP contribution in [-0.4, -0.2) is 34.7 Å². The molecular weight excluding hydrogens is 543 g/mol. The van der Waals surface area contributed by atoms with E-state index in [-0.39, 0.29) is 19.1 Å². The summed E-state index contributed by atoms with van der Waals surface area (Å²) in [4.78, 5) is 27.8. The van der Waals surface area contributed by atoms with Crippen molar-refractivity contribution in [3.63, 3.8) is 0 Å². The van der Waals surface area contributed by atoms with Crippen LogP contribution in [0.25, 0.3) is 6.08 Å². The predicted molar refractivity (Wildman–Crippen MR) is 158 cm³/mol. The molecule has 0 bridgehead atoms. The van der Waals surface area contributed by atoms with E-state index in [4.69, 9.17) is 9.15 Å². The lowest BCUT2D eigenvalue weighted by molar-refractivity contribution is -0.122. The standard InChI is InChI=1S/C31H25FN4O4S/c1-21-7-2-3-9-23(21)18-33-35-31-36(19-26-10-6-16-39-26)30(38)28(41-31)17-22-8-4-5-11-27(22)40-20-29(37)34-25-14-12-24(32)13-15-25/h2-18H,19-20H2,1H3,(H,34,37)/b28-17-,33-18-,35-31+. The fourth-order valence-electron chi connectivity index (χ4n) is 3.90. The zero-order chi connectivity index (χ0) is 28.6. The molecule has 1 saturated heterocycles. The summed E-state index contributed by atoms with van der Waals surface area (Å²) >= 11 is 1.19. The highest BCUT2D eigenvalue weighted by molar-refractivity contribution is 8.18. The van der Waals surface area contributed by atoms with Gasteiger partial charge in [-0.05, 0) is 78.4 Å². The van der Waals surface area contributed by atoms with Gasteiger partial charge in [-0.2, -0.15) is 5.10 Å². The minimum Gasteiger partial charge on any atom is -0.483 e. The fourth-order valence-corrected chi connectivity index (χ4v) is 4.82. The number of ether oxygens (including phenoxy) is 1. The first-order valence-electron chi connectivity index (χ1n) is 12.6. The van der Waals surface area contributed by atoms with Crippen molar-refractivity contribution in [1.29, 1.82) is 0 Å². The number of halogens is 1. The van der Waals surface area contributed by atoms with Crippen molar-refractivity contribution in [2.75, 3.05) is 11.9 Å². The van der Waals surface area contributed by atoms with E-state index in [1.54, 1.807) is 48.9 Å². The Morgan fingerprint density at radius 2 is 1.78 bits per heavy atom. The number of furan rings is 1. The third-order valence-electron chi connectivity index (χ3n) is 6.00. The number of para-hydroxylation sites is 1. The predicted octanol–water partition coefficient (Wildman–Crippen LogP) is 6.25. The van der Waals surface area contributed by atoms with Crippen LogP contribution in [0, 0.1) is 12.7 Å². The second-order valence-electron chi connectivity index (χ2n) is 8.95. The van der Waals surface area contributed by atoms with Crippen molar-refractivity contribution in [2.24, 2.45) is 10.2 Å². The summed E-state index contributed by atoms with van der Waals surface area (Å²) in [5, 5.41) is 11.7. The van der Waals surface area contributed by atoms with Gasteiger partial charge in [-0.25, -0.2) is 4.39 Å². The molecule has 41 heavy (non-hydrogen) atoms. The Kier molecular flexibility index (Phi) is 8.70. The molecule has 2 heterocycles. The maximum atomic E-state index is 13.5. The molecular formula is C31H25FN4O4S. The number of benzene rings is 3. The number of carbonyl (C=O) groups excluding carboxylic acids is 2. The van der Waals surface area contributed by atoms with Crippen molar-refractivity contribution in [2.45, 2.75) is 13.5 Å². The number of thioether (sulfide) groups is 1. The van der Waals surface area contributed by atoms with E-state index in [0.717, 1.165) is 11.1 Å². The number of rotatable bonds is 9. The minimum atomic E-state index is -0.407. The van der Waals surface area contributed by atoms with E-state index in [2.05, 4.69) is 15.5 Å². The van der Waals surface area contributed by atoms with Crippen LogP contribution < -0.4 is 10.1 Å². The fraction of sp³-hybridized carbons (Fsp3) is 0.0968. The Morgan fingerprint density at radius 1 is 1.02 bits per heavy atom. The second-order valence-corrected chi connectivity index (χ2v) is 9.96. The third kappa shape index (κ3) is 7.17. The first-order chi connectivity index (χ1) is 20.0. The summed E-state index contributed by atoms with van der Waals surface area (Å²) < 4.78 is 24.4. The zero-order valence-corrected chi connectivity index (χ0v) is 22.8. The number of amidine groups is 1. The Morgan fingerprint density at radius 3 is 2.54 bits per heavy atom. The van der Waals surface area contributed by atoms with Gasteiger partial charge in [0.15, 0.2) is 11.8 Å². The molecule has 0 spiro atoms. The number of amides is 2. The molecule has 0 saturated carbocycles. The zero-order valence-electron chi connectivity index (χ0n) is 22.0. The van der Waals surface area contributed by atoms with Gasteiger partial charge in [0.2, 0.25) is 0 Å². The number of carbonyl (C=O) groups is 2. The summed E-state index contributed by atoms with van der Waals surface area (Å²) in [6.07, 6.45) is 4.90. The first-order valence-corrected chi connectivity index (χ1v) is 13.5. The van der Waals surface area contributed by atoms with Crippen molar-refractivity contribution in [3.05, 3.63) is 124 Å². The van der Waals surface area contributed by atoms with Crippen LogP contribution in [0.4, 0.5) is 10.1 Å². The molecule has 1 aliphatic rings. The summed E-state index contributed by atoms with van der Waals surface area (Å²) in [7, 11) is 0. The molecule has 4 aromatic rings. The maximum Gasteiger partial charge on any atom is 0.267 e. The highest BCUT2D eigenvalue weighted by Crippen LogP contribution is 2.35. The summed E-state index contributed by atoms with van der Waals surface area (Å²) in [5.74, 6) is -0.0412. The number of aryl methyl sites for hydroxylation is 1. The van der Waals surface area contributed by atoms with Crippen LogP contribution in [0.3, 0.4) is 0 Å². The Balaban J connectivity index is 1.34. The van der Waals surface area contributed by atoms with E-state index >= 15 is 0 Å². The average molecular weight is 569 g/mol. The lowest BCUT2D eigenvalue weighted by Gasteiger charge is -2.12. The highest BCUT2D eigenvalue weighted by atomic mass is 32.2. The molecule has 206 valence electrons. The molecule has 0 unspecified atom stereocenters. The van der Waals surface area contributed by atoms with Gasteiger partial charge in [0.1, 0.15) is 17.3 Å². The van der Waals surface area contributed by atoms with Crippen molar-refractivity contribution in [3.8, 4) is 5.75 Å². The van der Waals surface area contributed by atoms with E-state index in [9.17, 15) is 14.0 Å². The van der Waals surface area contributed by atoms with Gasteiger partial charge in [-0.3, -0.25) is 14.5 Å². The van der Waals surface area contributed by atoms with Crippen LogP contribution in [0.1, 0.15) is 22.5 Å². The first kappa shape index (κ1) is 27.6. The van der Waals surface area contributed by atoms with Crippen molar-refractivity contribution >= 4 is 46.7 Å². The van der Waals surface area contributed by atoms with Crippen molar-refractivity contribution in [1.82, 2.24) is 4.90 Å². The Hall–Kier alpha value is -4.96. The van der Waals surface area contributed by atoms with Crippen LogP contribution >= 0.6 is 11.8 Å². The maximum absolute atomic E-state index is 13.5. The van der Waals surface area contributed by atoms with Gasteiger partial charge < -0.3 is 14.5 Å². The molecule has 1 aromatic heterocycles. The number of anilines is 1. The van der Waals surface area contributed by atoms with E-state index in [1.807, 2.05) is 37.3 Å². The molecule has 0 atom stereocenters. The summed E-state index contributed by atoms with van der Waals surface area (Å²) in [6.45, 7) is 1.90. The molecule has 0 radical (unpaired) electrons. The third-order valence-corrected chi connectivity index (χ3v) is 7.00. The van der Waals surface area contributed by atoms with Crippen LogP contribution in [0.15, 0.2) is 111 Å². The minimum absolute atomic E-state index is 0.191. The molecule has 10 heteroatoms. The second kappa shape index (κ2) is 12.9. The largest absolute Gasteiger partial charge is 0.483 e.